The Balaban J connectivity index is 2.53. The maximum absolute atomic E-state index is 11.7. The number of sulfonamides is 1. The molecule has 18 heavy (non-hydrogen) atoms. The number of hydrogen-bond acceptors (Lipinski definition) is 4. The van der Waals surface area contributed by atoms with Gasteiger partial charge in [0, 0.05) is 24.9 Å². The number of rotatable bonds is 7. The zero-order valence-electron chi connectivity index (χ0n) is 10.0. The molecule has 0 aliphatic heterocycles. The van der Waals surface area contributed by atoms with Crippen LogP contribution in [0.15, 0.2) is 24.5 Å². The molecule has 0 saturated heterocycles. The van der Waals surface area contributed by atoms with Gasteiger partial charge in [-0.05, 0) is 25.0 Å². The van der Waals surface area contributed by atoms with Gasteiger partial charge in [-0.1, -0.05) is 6.07 Å². The Bertz CT molecular complexity index is 487. The lowest BCUT2D eigenvalue weighted by molar-refractivity contribution is -0.137. The average molecular weight is 272 g/mol. The van der Waals surface area contributed by atoms with Crippen LogP contribution in [0.5, 0.6) is 0 Å². The molecule has 1 aromatic rings. The molecule has 0 spiro atoms. The lowest BCUT2D eigenvalue weighted by Crippen LogP contribution is -2.29. The van der Waals surface area contributed by atoms with E-state index in [4.69, 9.17) is 5.11 Å². The third kappa shape index (κ3) is 5.24. The molecule has 1 rings (SSSR count). The van der Waals surface area contributed by atoms with Gasteiger partial charge in [-0.2, -0.15) is 0 Å². The minimum atomic E-state index is -3.47. The molecular weight excluding hydrogens is 256 g/mol. The predicted molar refractivity (Wildman–Crippen MR) is 66.4 cm³/mol. The predicted octanol–water partition coefficient (Wildman–Crippen LogP) is 0.927. The summed E-state index contributed by atoms with van der Waals surface area (Å²) in [7, 11) is -3.47. The van der Waals surface area contributed by atoms with Crippen LogP contribution in [0, 0.1) is 0 Å². The molecule has 7 heteroatoms. The fourth-order valence-corrected chi connectivity index (χ4v) is 2.76. The van der Waals surface area contributed by atoms with E-state index < -0.39 is 16.0 Å². The van der Waals surface area contributed by atoms with Crippen LogP contribution in [0.3, 0.4) is 0 Å². The minimum Gasteiger partial charge on any atom is -0.481 e. The summed E-state index contributed by atoms with van der Waals surface area (Å²) < 4.78 is 25.8. The number of aliphatic carboxylic acids is 1. The number of nitrogens with one attached hydrogen (secondary N) is 1. The Kier molecular flexibility index (Phi) is 5.24. The third-order valence-corrected chi connectivity index (χ3v) is 3.88. The fourth-order valence-electron chi connectivity index (χ4n) is 1.44. The molecule has 2 N–H and O–H groups in total. The second-order valence-electron chi connectivity index (χ2n) is 3.94. The normalized spacial score (nSPS) is 13.2. The van der Waals surface area contributed by atoms with Gasteiger partial charge in [-0.15, -0.1) is 0 Å². The molecule has 0 aromatic carbocycles. The molecule has 0 unspecified atom stereocenters. The van der Waals surface area contributed by atoms with Crippen molar-refractivity contribution in [2.75, 3.05) is 5.75 Å². The van der Waals surface area contributed by atoms with Crippen molar-refractivity contribution < 1.29 is 18.3 Å². The highest BCUT2D eigenvalue weighted by Crippen LogP contribution is 2.11. The van der Waals surface area contributed by atoms with Gasteiger partial charge in [0.15, 0.2) is 0 Å². The largest absolute Gasteiger partial charge is 0.481 e. The molecule has 0 amide bonds. The number of nitrogens with zero attached hydrogens (tertiary/aromatic N) is 1. The van der Waals surface area contributed by atoms with Crippen molar-refractivity contribution in [1.82, 2.24) is 9.71 Å². The molecule has 100 valence electrons. The van der Waals surface area contributed by atoms with E-state index in [1.807, 2.05) is 0 Å². The summed E-state index contributed by atoms with van der Waals surface area (Å²) in [4.78, 5) is 14.2. The average Bonchev–Trinajstić information content (AvgIpc) is 2.28. The SMILES string of the molecule is C[C@@H](NS(=O)(=O)CCCC(=O)O)c1cccnc1. The molecule has 0 bridgehead atoms. The van der Waals surface area contributed by atoms with Crippen LogP contribution in [0.1, 0.15) is 31.4 Å². The van der Waals surface area contributed by atoms with Gasteiger partial charge in [0.1, 0.15) is 0 Å². The Labute approximate surface area is 106 Å². The first-order chi connectivity index (χ1) is 8.41. The van der Waals surface area contributed by atoms with Crippen LogP contribution in [-0.4, -0.2) is 30.2 Å². The quantitative estimate of drug-likeness (QED) is 0.769. The topological polar surface area (TPSA) is 96.4 Å². The first-order valence-electron chi connectivity index (χ1n) is 5.52. The Morgan fingerprint density at radius 2 is 2.28 bits per heavy atom. The monoisotopic (exact) mass is 272 g/mol. The molecule has 0 saturated carbocycles. The lowest BCUT2D eigenvalue weighted by atomic mass is 10.2. The zero-order valence-corrected chi connectivity index (χ0v) is 10.9. The van der Waals surface area contributed by atoms with Crippen molar-refractivity contribution in [2.24, 2.45) is 0 Å². The summed E-state index contributed by atoms with van der Waals surface area (Å²) in [5, 5.41) is 8.45. The van der Waals surface area contributed by atoms with Crippen molar-refractivity contribution in [1.29, 1.82) is 0 Å². The highest BCUT2D eigenvalue weighted by molar-refractivity contribution is 7.89. The highest BCUT2D eigenvalue weighted by atomic mass is 32.2. The summed E-state index contributed by atoms with van der Waals surface area (Å²) in [6.45, 7) is 1.71. The van der Waals surface area contributed by atoms with E-state index in [2.05, 4.69) is 9.71 Å². The number of hydrogen-bond donors (Lipinski definition) is 2. The van der Waals surface area contributed by atoms with E-state index in [0.717, 1.165) is 5.56 Å². The Morgan fingerprint density at radius 3 is 2.83 bits per heavy atom. The van der Waals surface area contributed by atoms with E-state index in [9.17, 15) is 13.2 Å². The number of aromatic nitrogens is 1. The minimum absolute atomic E-state index is 0.102. The third-order valence-electron chi connectivity index (χ3n) is 2.34. The smallest absolute Gasteiger partial charge is 0.303 e. The van der Waals surface area contributed by atoms with Crippen molar-refractivity contribution in [3.8, 4) is 0 Å². The van der Waals surface area contributed by atoms with E-state index in [0.29, 0.717) is 0 Å². The van der Waals surface area contributed by atoms with Gasteiger partial charge < -0.3 is 5.11 Å². The molecule has 0 fully saturated rings. The maximum Gasteiger partial charge on any atom is 0.303 e. The van der Waals surface area contributed by atoms with Gasteiger partial charge >= 0.3 is 5.97 Å². The molecule has 6 nitrogen and oxygen atoms in total. The van der Waals surface area contributed by atoms with Crippen molar-refractivity contribution in [2.45, 2.75) is 25.8 Å². The standard InChI is InChI=1S/C11H16N2O4S/c1-9(10-4-2-6-12-8-10)13-18(16,17)7-3-5-11(14)15/h2,4,6,8-9,13H,3,5,7H2,1H3,(H,14,15)/t9-/m1/s1. The molecular formula is C11H16N2O4S. The summed E-state index contributed by atoms with van der Waals surface area (Å²) in [5.74, 6) is -1.19. The summed E-state index contributed by atoms with van der Waals surface area (Å²) in [5.41, 5.74) is 0.763. The van der Waals surface area contributed by atoms with Crippen LogP contribution in [0.2, 0.25) is 0 Å². The Hall–Kier alpha value is -1.47. The lowest BCUT2D eigenvalue weighted by Gasteiger charge is -2.13. The van der Waals surface area contributed by atoms with Gasteiger partial charge in [0.05, 0.1) is 5.75 Å². The summed E-state index contributed by atoms with van der Waals surface area (Å²) in [6, 6.07) is 3.12. The molecule has 0 radical (unpaired) electrons. The van der Waals surface area contributed by atoms with Crippen LogP contribution >= 0.6 is 0 Å². The first kappa shape index (κ1) is 14.6. The second kappa shape index (κ2) is 6.46. The van der Waals surface area contributed by atoms with E-state index in [-0.39, 0.29) is 24.6 Å². The van der Waals surface area contributed by atoms with Crippen molar-refractivity contribution in [3.63, 3.8) is 0 Å². The van der Waals surface area contributed by atoms with E-state index >= 15 is 0 Å². The zero-order chi connectivity index (χ0) is 13.6. The van der Waals surface area contributed by atoms with E-state index in [1.54, 1.807) is 31.5 Å². The number of carboxylic acids is 1. The van der Waals surface area contributed by atoms with Gasteiger partial charge in [-0.25, -0.2) is 13.1 Å². The Morgan fingerprint density at radius 1 is 1.56 bits per heavy atom. The van der Waals surface area contributed by atoms with E-state index in [1.165, 1.54) is 0 Å². The molecule has 1 heterocycles. The highest BCUT2D eigenvalue weighted by Gasteiger charge is 2.16. The number of carboxylic acid groups (broad SMARTS) is 1. The van der Waals surface area contributed by atoms with Crippen LogP contribution in [-0.2, 0) is 14.8 Å². The number of carbonyl (C=O) groups is 1. The summed E-state index contributed by atoms with van der Waals surface area (Å²) in [6.07, 6.45) is 3.15. The molecule has 0 aliphatic carbocycles. The molecule has 0 aliphatic rings. The van der Waals surface area contributed by atoms with Gasteiger partial charge in [0.2, 0.25) is 10.0 Å². The van der Waals surface area contributed by atoms with Gasteiger partial charge in [-0.3, -0.25) is 9.78 Å². The van der Waals surface area contributed by atoms with Crippen LogP contribution < -0.4 is 4.72 Å². The van der Waals surface area contributed by atoms with Gasteiger partial charge in [0.25, 0.3) is 0 Å². The maximum atomic E-state index is 11.7. The summed E-state index contributed by atoms with van der Waals surface area (Å²) >= 11 is 0. The molecule has 1 aromatic heterocycles. The fraction of sp³-hybridized carbons (Fsp3) is 0.455. The second-order valence-corrected chi connectivity index (χ2v) is 5.82. The van der Waals surface area contributed by atoms with Crippen LogP contribution in [0.25, 0.3) is 0 Å². The molecule has 1 atom stereocenters. The first-order valence-corrected chi connectivity index (χ1v) is 7.17. The number of pyridine rings is 1. The van der Waals surface area contributed by atoms with Crippen LogP contribution in [0.4, 0.5) is 0 Å². The van der Waals surface area contributed by atoms with Crippen molar-refractivity contribution >= 4 is 16.0 Å². The van der Waals surface area contributed by atoms with Crippen molar-refractivity contribution in [3.05, 3.63) is 30.1 Å².